The van der Waals surface area contributed by atoms with Gasteiger partial charge in [0, 0.05) is 0 Å². The molecule has 0 aliphatic heterocycles. The smallest absolute Gasteiger partial charge is 0.370 e. The highest BCUT2D eigenvalue weighted by atomic mass is 19.3. The Hall–Kier alpha value is -0.620. The summed E-state index contributed by atoms with van der Waals surface area (Å²) >= 11 is 0. The molecule has 0 saturated heterocycles. The Labute approximate surface area is 84.1 Å². The Balaban J connectivity index is 4.66. The molecular formula is C5H6F6O5. The Morgan fingerprint density at radius 2 is 1.19 bits per heavy atom. The van der Waals surface area contributed by atoms with Crippen molar-refractivity contribution in [1.82, 2.24) is 0 Å². The van der Waals surface area contributed by atoms with E-state index in [4.69, 9.17) is 10.2 Å². The first kappa shape index (κ1) is 15.4. The molecule has 0 radical (unpaired) electrons. The van der Waals surface area contributed by atoms with Crippen LogP contribution >= 0.6 is 0 Å². The number of halogens is 6. The van der Waals surface area contributed by atoms with Crippen LogP contribution in [0.2, 0.25) is 0 Å². The highest BCUT2D eigenvalue weighted by Gasteiger charge is 2.64. The van der Waals surface area contributed by atoms with E-state index in [2.05, 4.69) is 14.2 Å². The molecular weight excluding hydrogens is 254 g/mol. The van der Waals surface area contributed by atoms with Crippen molar-refractivity contribution in [2.45, 2.75) is 18.5 Å². The molecule has 16 heavy (non-hydrogen) atoms. The molecule has 0 aromatic rings. The fourth-order valence-corrected chi connectivity index (χ4v) is 0.478. The van der Waals surface area contributed by atoms with Gasteiger partial charge < -0.3 is 10.2 Å². The van der Waals surface area contributed by atoms with Gasteiger partial charge in [-0.25, -0.2) is 4.74 Å². The molecule has 0 rings (SSSR count). The van der Waals surface area contributed by atoms with Crippen molar-refractivity contribution in [2.75, 3.05) is 13.6 Å². The fraction of sp³-hybridized carbons (Fsp3) is 1.00. The molecule has 0 fully saturated rings. The maximum Gasteiger partial charge on any atom is 0.492 e. The van der Waals surface area contributed by atoms with Crippen molar-refractivity contribution < 1.29 is 50.8 Å². The predicted octanol–water partition coefficient (Wildman–Crippen LogP) is 0.672. The topological polar surface area (TPSA) is 68.2 Å². The lowest BCUT2D eigenvalue weighted by molar-refractivity contribution is -0.533. The number of alkyl halides is 6. The monoisotopic (exact) mass is 260 g/mol. The summed E-state index contributed by atoms with van der Waals surface area (Å²) in [5.74, 6) is 0. The van der Waals surface area contributed by atoms with Gasteiger partial charge in [0.2, 0.25) is 0 Å². The first-order chi connectivity index (χ1) is 7.08. The highest BCUT2D eigenvalue weighted by Crippen LogP contribution is 2.40. The molecule has 0 unspecified atom stereocenters. The van der Waals surface area contributed by atoms with Crippen LogP contribution in [-0.4, -0.2) is 42.3 Å². The quantitative estimate of drug-likeness (QED) is 0.520. The summed E-state index contributed by atoms with van der Waals surface area (Å²) in [5.41, 5.74) is 0. The molecule has 2 N–H and O–H groups in total. The van der Waals surface area contributed by atoms with Crippen LogP contribution < -0.4 is 0 Å². The third-order valence-electron chi connectivity index (χ3n) is 1.06. The molecule has 0 spiro atoms. The minimum absolute atomic E-state index is 1.74. The summed E-state index contributed by atoms with van der Waals surface area (Å²) in [4.78, 5) is 0. The third-order valence-corrected chi connectivity index (χ3v) is 1.06. The van der Waals surface area contributed by atoms with Gasteiger partial charge in [-0.3, -0.25) is 9.47 Å². The summed E-state index contributed by atoms with van der Waals surface area (Å²) in [6.07, 6.45) is -16.4. The van der Waals surface area contributed by atoms with Gasteiger partial charge >= 0.3 is 18.5 Å². The van der Waals surface area contributed by atoms with E-state index in [9.17, 15) is 26.3 Å². The van der Waals surface area contributed by atoms with Crippen molar-refractivity contribution in [3.63, 3.8) is 0 Å². The number of aliphatic hydroxyl groups is 2. The largest absolute Gasteiger partial charge is 0.492 e. The second kappa shape index (κ2) is 5.14. The second-order valence-corrected chi connectivity index (χ2v) is 2.15. The molecule has 0 aliphatic carbocycles. The van der Waals surface area contributed by atoms with Gasteiger partial charge in [0.1, 0.15) is 6.79 Å². The van der Waals surface area contributed by atoms with Crippen LogP contribution in [0.25, 0.3) is 0 Å². The first-order valence-corrected chi connectivity index (χ1v) is 3.41. The zero-order valence-corrected chi connectivity index (χ0v) is 7.30. The van der Waals surface area contributed by atoms with Crippen LogP contribution in [0.5, 0.6) is 0 Å². The third kappa shape index (κ3) is 4.09. The van der Waals surface area contributed by atoms with Crippen molar-refractivity contribution in [1.29, 1.82) is 0 Å². The van der Waals surface area contributed by atoms with E-state index < -0.39 is 32.1 Å². The zero-order chi connectivity index (χ0) is 13.0. The lowest BCUT2D eigenvalue weighted by Crippen LogP contribution is -2.49. The molecule has 0 aliphatic rings. The van der Waals surface area contributed by atoms with E-state index in [0.717, 1.165) is 0 Å². The minimum atomic E-state index is -5.77. The maximum absolute atomic E-state index is 12.4. The highest BCUT2D eigenvalue weighted by molar-refractivity contribution is 4.66. The van der Waals surface area contributed by atoms with Crippen LogP contribution in [-0.2, 0) is 14.2 Å². The molecule has 0 amide bonds. The second-order valence-electron chi connectivity index (χ2n) is 2.15. The van der Waals surface area contributed by atoms with E-state index >= 15 is 0 Å². The molecule has 0 aromatic heterocycles. The van der Waals surface area contributed by atoms with Crippen LogP contribution in [0.15, 0.2) is 0 Å². The van der Waals surface area contributed by atoms with Gasteiger partial charge in [0.25, 0.3) is 0 Å². The zero-order valence-electron chi connectivity index (χ0n) is 7.30. The molecule has 11 heteroatoms. The molecule has 98 valence electrons. The maximum atomic E-state index is 12.4. The average molecular weight is 260 g/mol. The van der Waals surface area contributed by atoms with Crippen molar-refractivity contribution in [2.24, 2.45) is 0 Å². The van der Waals surface area contributed by atoms with Gasteiger partial charge in [-0.1, -0.05) is 0 Å². The van der Waals surface area contributed by atoms with Gasteiger partial charge in [-0.2, -0.15) is 17.6 Å². The predicted molar refractivity (Wildman–Crippen MR) is 32.3 cm³/mol. The molecule has 5 nitrogen and oxygen atoms in total. The summed E-state index contributed by atoms with van der Waals surface area (Å²) in [6.45, 7) is -3.59. The van der Waals surface area contributed by atoms with Gasteiger partial charge in [-0.05, 0) is 0 Å². The molecule has 0 aromatic carbocycles. The van der Waals surface area contributed by atoms with Gasteiger partial charge in [0.05, 0.1) is 0 Å². The van der Waals surface area contributed by atoms with Crippen molar-refractivity contribution in [3.8, 4) is 0 Å². The lowest BCUT2D eigenvalue weighted by atomic mass is 10.6. The van der Waals surface area contributed by atoms with E-state index in [1.807, 2.05) is 0 Å². The van der Waals surface area contributed by atoms with Crippen LogP contribution in [0.3, 0.4) is 0 Å². The van der Waals surface area contributed by atoms with Gasteiger partial charge in [0.15, 0.2) is 6.79 Å². The lowest BCUT2D eigenvalue weighted by Gasteiger charge is -2.27. The van der Waals surface area contributed by atoms with Crippen LogP contribution in [0, 0.1) is 0 Å². The Morgan fingerprint density at radius 3 is 1.56 bits per heavy atom. The van der Waals surface area contributed by atoms with Crippen molar-refractivity contribution >= 4 is 0 Å². The molecule has 0 atom stereocenters. The van der Waals surface area contributed by atoms with Gasteiger partial charge in [-0.15, -0.1) is 8.78 Å². The van der Waals surface area contributed by atoms with Crippen LogP contribution in [0.1, 0.15) is 0 Å². The van der Waals surface area contributed by atoms with E-state index in [-0.39, 0.29) is 0 Å². The van der Waals surface area contributed by atoms with Crippen molar-refractivity contribution in [3.05, 3.63) is 0 Å². The fourth-order valence-electron chi connectivity index (χ4n) is 0.478. The number of hydrogen-bond donors (Lipinski definition) is 2. The summed E-state index contributed by atoms with van der Waals surface area (Å²) in [5, 5.41) is 15.6. The number of rotatable bonds is 7. The normalized spacial score (nSPS) is 14.2. The summed E-state index contributed by atoms with van der Waals surface area (Å²) in [6, 6.07) is 0. The standard InChI is InChI=1S/C5H6F6O5/c6-3(7,14-1-12)4(8,9)16-5(10,11)15-2-13/h12-13H,1-2H2. The Bertz CT molecular complexity index is 221. The minimum Gasteiger partial charge on any atom is -0.370 e. The SMILES string of the molecule is OCOC(F)(F)OC(F)(F)C(F)(F)OCO. The summed E-state index contributed by atoms with van der Waals surface area (Å²) < 4.78 is 81.6. The first-order valence-electron chi connectivity index (χ1n) is 3.41. The van der Waals surface area contributed by atoms with E-state index in [1.54, 1.807) is 0 Å². The number of ether oxygens (including phenoxy) is 3. The number of hydrogen-bond acceptors (Lipinski definition) is 5. The Kier molecular flexibility index (Phi) is 4.94. The summed E-state index contributed by atoms with van der Waals surface area (Å²) in [7, 11) is 0. The Morgan fingerprint density at radius 1 is 0.750 bits per heavy atom. The molecule has 0 heterocycles. The average Bonchev–Trinajstić information content (AvgIpc) is 2.00. The molecule has 0 saturated carbocycles. The number of aliphatic hydroxyl groups excluding tert-OH is 2. The molecule has 0 bridgehead atoms. The van der Waals surface area contributed by atoms with Crippen LogP contribution in [0.4, 0.5) is 26.3 Å². The van der Waals surface area contributed by atoms with E-state index in [1.165, 1.54) is 0 Å². The van der Waals surface area contributed by atoms with E-state index in [0.29, 0.717) is 0 Å².